The summed E-state index contributed by atoms with van der Waals surface area (Å²) < 4.78 is 29.0. The number of pyridine rings is 1. The summed E-state index contributed by atoms with van der Waals surface area (Å²) in [5.74, 6) is -0.353. The van der Waals surface area contributed by atoms with Crippen LogP contribution in [0.15, 0.2) is 24.3 Å². The molecule has 0 aliphatic heterocycles. The molecule has 1 aromatic heterocycles. The number of hydrogen-bond acceptors (Lipinski definition) is 8. The van der Waals surface area contributed by atoms with Crippen molar-refractivity contribution < 1.29 is 33.5 Å². The lowest BCUT2D eigenvalue weighted by Gasteiger charge is -2.21. The van der Waals surface area contributed by atoms with Crippen LogP contribution < -0.4 is 14.9 Å². The fourth-order valence-corrected chi connectivity index (χ4v) is 5.05. The first kappa shape index (κ1) is 30.3. The van der Waals surface area contributed by atoms with Crippen molar-refractivity contribution in [1.82, 2.24) is 15.2 Å². The minimum Gasteiger partial charge on any atom is -0.506 e. The van der Waals surface area contributed by atoms with Crippen molar-refractivity contribution in [2.45, 2.75) is 53.9 Å². The smallest absolute Gasteiger partial charge is 0.320 e. The Hall–Kier alpha value is -2.94. The zero-order chi connectivity index (χ0) is 27.6. The van der Waals surface area contributed by atoms with Crippen LogP contribution in [0.2, 0.25) is 0 Å². The molecule has 0 radical (unpaired) electrons. The molecule has 37 heavy (non-hydrogen) atoms. The van der Waals surface area contributed by atoms with E-state index < -0.39 is 19.4 Å². The Morgan fingerprint density at radius 2 is 1.54 bits per heavy atom. The summed E-state index contributed by atoms with van der Waals surface area (Å²) in [6.07, 6.45) is 0.278. The van der Waals surface area contributed by atoms with Gasteiger partial charge in [-0.05, 0) is 74.6 Å². The van der Waals surface area contributed by atoms with Gasteiger partial charge in [0, 0.05) is 12.1 Å². The first-order valence-electron chi connectivity index (χ1n) is 12.3. The molecule has 0 saturated heterocycles. The van der Waals surface area contributed by atoms with Crippen LogP contribution in [0, 0.1) is 13.8 Å². The fourth-order valence-electron chi connectivity index (χ4n) is 3.65. The molecule has 0 aliphatic carbocycles. The molecular weight excluding hydrogens is 497 g/mol. The van der Waals surface area contributed by atoms with Gasteiger partial charge in [0.25, 0.3) is 0 Å². The van der Waals surface area contributed by atoms with Crippen LogP contribution in [0.3, 0.4) is 0 Å². The second kappa shape index (κ2) is 14.1. The third-order valence-corrected chi connectivity index (χ3v) is 7.35. The van der Waals surface area contributed by atoms with Crippen LogP contribution >= 0.6 is 7.44 Å². The first-order valence-corrected chi connectivity index (χ1v) is 14.2. The third kappa shape index (κ3) is 9.46. The van der Waals surface area contributed by atoms with Crippen molar-refractivity contribution in [3.8, 4) is 11.5 Å². The number of benzene rings is 1. The van der Waals surface area contributed by atoms with Gasteiger partial charge in [-0.15, -0.1) is 0 Å². The highest BCUT2D eigenvalue weighted by molar-refractivity contribution is 7.59. The summed E-state index contributed by atoms with van der Waals surface area (Å²) in [4.78, 5) is 28.2. The zero-order valence-corrected chi connectivity index (χ0v) is 23.3. The van der Waals surface area contributed by atoms with E-state index in [0.717, 1.165) is 22.4 Å². The van der Waals surface area contributed by atoms with Crippen molar-refractivity contribution in [3.63, 3.8) is 0 Å². The average molecular weight is 536 g/mol. The minimum atomic E-state index is -3.51. The predicted molar refractivity (Wildman–Crippen MR) is 141 cm³/mol. The van der Waals surface area contributed by atoms with Gasteiger partial charge >= 0.3 is 11.9 Å². The molecule has 2 rings (SSSR count). The van der Waals surface area contributed by atoms with Gasteiger partial charge in [0.05, 0.1) is 18.9 Å². The zero-order valence-electron chi connectivity index (χ0n) is 22.4. The summed E-state index contributed by atoms with van der Waals surface area (Å²) in [5.41, 5.74) is 4.50. The third-order valence-electron chi connectivity index (χ3n) is 5.52. The lowest BCUT2D eigenvalue weighted by Crippen LogP contribution is -2.34. The molecule has 0 atom stereocenters. The van der Waals surface area contributed by atoms with Gasteiger partial charge in [-0.2, -0.15) is 0 Å². The average Bonchev–Trinajstić information content (AvgIpc) is 2.84. The maximum atomic E-state index is 13.4. The fraction of sp³-hybridized carbons (Fsp3) is 0.500. The van der Waals surface area contributed by atoms with E-state index in [1.54, 1.807) is 19.9 Å². The molecule has 0 aliphatic rings. The molecule has 0 saturated carbocycles. The molecule has 10 nitrogen and oxygen atoms in total. The van der Waals surface area contributed by atoms with E-state index in [4.69, 9.17) is 14.2 Å². The number of hydrogen-bond donors (Lipinski definition) is 3. The number of carbonyl (C=O) groups is 2. The van der Waals surface area contributed by atoms with Crippen LogP contribution in [0.1, 0.15) is 61.7 Å². The van der Waals surface area contributed by atoms with Gasteiger partial charge in [0.15, 0.2) is 6.35 Å². The Morgan fingerprint density at radius 1 is 1.00 bits per heavy atom. The Bertz CT molecular complexity index is 1090. The maximum Gasteiger partial charge on any atom is 0.320 e. The number of aromatic hydroxyl groups is 1. The lowest BCUT2D eigenvalue weighted by atomic mass is 9.97. The summed E-state index contributed by atoms with van der Waals surface area (Å²) in [5, 5.41) is 15.4. The highest BCUT2D eigenvalue weighted by Gasteiger charge is 2.25. The van der Waals surface area contributed by atoms with Crippen molar-refractivity contribution in [3.05, 3.63) is 52.3 Å². The van der Waals surface area contributed by atoms with Crippen molar-refractivity contribution >= 4 is 19.4 Å². The van der Waals surface area contributed by atoms with E-state index in [2.05, 4.69) is 15.2 Å². The predicted octanol–water partition coefficient (Wildman–Crippen LogP) is 3.95. The molecule has 0 unspecified atom stereocenters. The topological polar surface area (TPSA) is 136 Å². The summed E-state index contributed by atoms with van der Waals surface area (Å²) >= 11 is 0. The standard InChI is InChI=1S/C26H38N3O7P/c1-7-34-24(31)14-27-37(33,28-15-25(32)35-8-2)16-36-21-11-18(5)22(19(6)12-21)13-20-9-10-23(30)26(29-20)17(3)4/h9-12,17,30H,7-8,13-16H2,1-6H3,(H2,27,28,33). The van der Waals surface area contributed by atoms with Gasteiger partial charge in [0.1, 0.15) is 24.6 Å². The van der Waals surface area contributed by atoms with Crippen LogP contribution in [-0.4, -0.2) is 54.7 Å². The normalized spacial score (nSPS) is 11.4. The highest BCUT2D eigenvalue weighted by Crippen LogP contribution is 2.36. The van der Waals surface area contributed by atoms with Crippen LogP contribution in [-0.2, 0) is 30.0 Å². The van der Waals surface area contributed by atoms with Crippen LogP contribution in [0.25, 0.3) is 0 Å². The Morgan fingerprint density at radius 3 is 2.03 bits per heavy atom. The second-order valence-electron chi connectivity index (χ2n) is 8.87. The molecule has 0 spiro atoms. The molecular formula is C26H38N3O7P. The summed E-state index contributed by atoms with van der Waals surface area (Å²) in [6.45, 7) is 11.0. The van der Waals surface area contributed by atoms with Gasteiger partial charge in [-0.3, -0.25) is 19.1 Å². The van der Waals surface area contributed by atoms with E-state index in [1.165, 1.54) is 0 Å². The monoisotopic (exact) mass is 535 g/mol. The molecule has 204 valence electrons. The van der Waals surface area contributed by atoms with Gasteiger partial charge in [-0.1, -0.05) is 13.8 Å². The number of nitrogens with zero attached hydrogens (tertiary/aromatic N) is 1. The van der Waals surface area contributed by atoms with E-state index in [1.807, 2.05) is 45.9 Å². The Kier molecular flexibility index (Phi) is 11.6. The minimum absolute atomic E-state index is 0.100. The summed E-state index contributed by atoms with van der Waals surface area (Å²) in [6, 6.07) is 7.16. The maximum absolute atomic E-state index is 13.4. The quantitative estimate of drug-likeness (QED) is 0.241. The Balaban J connectivity index is 2.16. The number of rotatable bonds is 14. The van der Waals surface area contributed by atoms with E-state index >= 15 is 0 Å². The second-order valence-corrected chi connectivity index (χ2v) is 11.2. The largest absolute Gasteiger partial charge is 0.506 e. The van der Waals surface area contributed by atoms with Gasteiger partial charge in [0.2, 0.25) is 7.44 Å². The van der Waals surface area contributed by atoms with Gasteiger partial charge < -0.3 is 19.3 Å². The number of aryl methyl sites for hydroxylation is 2. The molecule has 1 aromatic carbocycles. The first-order chi connectivity index (χ1) is 17.5. The van der Waals surface area contributed by atoms with Crippen LogP contribution in [0.4, 0.5) is 0 Å². The van der Waals surface area contributed by atoms with Crippen LogP contribution in [0.5, 0.6) is 11.5 Å². The van der Waals surface area contributed by atoms with E-state index in [0.29, 0.717) is 17.9 Å². The van der Waals surface area contributed by atoms with E-state index in [-0.39, 0.29) is 44.3 Å². The van der Waals surface area contributed by atoms with Gasteiger partial charge in [-0.25, -0.2) is 10.2 Å². The number of aromatic nitrogens is 1. The molecule has 3 N–H and O–H groups in total. The van der Waals surface area contributed by atoms with Crippen molar-refractivity contribution in [2.75, 3.05) is 32.7 Å². The molecule has 1 heterocycles. The Labute approximate surface area is 218 Å². The number of ether oxygens (including phenoxy) is 3. The number of nitrogens with one attached hydrogen (secondary N) is 2. The number of esters is 2. The molecule has 0 fully saturated rings. The molecule has 0 amide bonds. The highest BCUT2D eigenvalue weighted by atomic mass is 31.2. The molecule has 2 aromatic rings. The SMILES string of the molecule is CCOC(=O)CNP(=O)(COc1cc(C)c(Cc2ccc(O)c(C(C)C)n2)c(C)c1)NCC(=O)OCC. The van der Waals surface area contributed by atoms with E-state index in [9.17, 15) is 19.3 Å². The summed E-state index contributed by atoms with van der Waals surface area (Å²) in [7, 11) is -3.51. The van der Waals surface area contributed by atoms with Crippen molar-refractivity contribution in [1.29, 1.82) is 0 Å². The molecule has 0 bridgehead atoms. The lowest BCUT2D eigenvalue weighted by molar-refractivity contribution is -0.142. The number of carbonyl (C=O) groups excluding carboxylic acids is 2. The molecule has 11 heteroatoms. The van der Waals surface area contributed by atoms with Crippen molar-refractivity contribution in [2.24, 2.45) is 0 Å².